The Kier molecular flexibility index (Phi) is 2.25. The molecule has 3 fully saturated rings. The highest BCUT2D eigenvalue weighted by Gasteiger charge is 2.60. The Morgan fingerprint density at radius 2 is 2.00 bits per heavy atom. The third-order valence-electron chi connectivity index (χ3n) is 6.10. The van der Waals surface area contributed by atoms with E-state index >= 15 is 0 Å². The lowest BCUT2D eigenvalue weighted by Crippen LogP contribution is -2.51. The molecule has 3 saturated carbocycles. The highest BCUT2D eigenvalue weighted by molar-refractivity contribution is 5.14. The van der Waals surface area contributed by atoms with Crippen molar-refractivity contribution in [3.63, 3.8) is 0 Å². The summed E-state index contributed by atoms with van der Waals surface area (Å²) in [4.78, 5) is 0. The Morgan fingerprint density at radius 3 is 2.50 bits per heavy atom. The molecule has 1 heteroatoms. The van der Waals surface area contributed by atoms with E-state index in [1.807, 2.05) is 0 Å². The maximum Gasteiger partial charge on any atom is 0.0177 e. The average molecular weight is 221 g/mol. The van der Waals surface area contributed by atoms with Crippen LogP contribution in [0.25, 0.3) is 0 Å². The van der Waals surface area contributed by atoms with Gasteiger partial charge in [-0.05, 0) is 48.3 Å². The van der Waals surface area contributed by atoms with E-state index in [2.05, 4.69) is 33.0 Å². The summed E-state index contributed by atoms with van der Waals surface area (Å²) < 4.78 is 0. The zero-order valence-electron chi connectivity index (χ0n) is 11.3. The van der Waals surface area contributed by atoms with Crippen LogP contribution < -0.4 is 5.32 Å². The number of fused-ring (bicyclic) bond motifs is 2. The van der Waals surface area contributed by atoms with Crippen LogP contribution in [0.1, 0.15) is 59.8 Å². The lowest BCUT2D eigenvalue weighted by Gasteiger charge is -2.43. The van der Waals surface area contributed by atoms with Gasteiger partial charge in [-0.15, -0.1) is 0 Å². The van der Waals surface area contributed by atoms with Crippen LogP contribution in [-0.2, 0) is 0 Å². The van der Waals surface area contributed by atoms with Crippen molar-refractivity contribution in [2.24, 2.45) is 22.7 Å². The second-order valence-electron chi connectivity index (χ2n) is 7.53. The van der Waals surface area contributed by atoms with Gasteiger partial charge < -0.3 is 5.32 Å². The predicted octanol–water partition coefficient (Wildman–Crippen LogP) is 3.59. The van der Waals surface area contributed by atoms with Crippen molar-refractivity contribution in [2.75, 3.05) is 0 Å². The Balaban J connectivity index is 1.74. The van der Waals surface area contributed by atoms with Gasteiger partial charge >= 0.3 is 0 Å². The Labute approximate surface area is 100 Å². The van der Waals surface area contributed by atoms with E-state index in [-0.39, 0.29) is 0 Å². The molecule has 0 spiro atoms. The van der Waals surface area contributed by atoms with Gasteiger partial charge in [0.25, 0.3) is 0 Å². The minimum atomic E-state index is 0.536. The second kappa shape index (κ2) is 3.25. The van der Waals surface area contributed by atoms with Crippen LogP contribution in [0.2, 0.25) is 0 Å². The van der Waals surface area contributed by atoms with Gasteiger partial charge in [-0.2, -0.15) is 0 Å². The van der Waals surface area contributed by atoms with Gasteiger partial charge in [0.05, 0.1) is 0 Å². The molecule has 0 aromatic rings. The molecule has 0 radical (unpaired) electrons. The van der Waals surface area contributed by atoms with Gasteiger partial charge in [0, 0.05) is 12.1 Å². The average Bonchev–Trinajstić information content (AvgIpc) is 2.82. The first kappa shape index (κ1) is 11.1. The summed E-state index contributed by atoms with van der Waals surface area (Å²) in [5.74, 6) is 1.97. The van der Waals surface area contributed by atoms with Crippen LogP contribution in [-0.4, -0.2) is 12.1 Å². The topological polar surface area (TPSA) is 12.0 Å². The molecule has 1 nitrogen and oxygen atoms in total. The van der Waals surface area contributed by atoms with Crippen molar-refractivity contribution < 1.29 is 0 Å². The molecule has 0 aliphatic heterocycles. The van der Waals surface area contributed by atoms with Crippen LogP contribution in [0.3, 0.4) is 0 Å². The van der Waals surface area contributed by atoms with Gasteiger partial charge in [-0.3, -0.25) is 0 Å². The van der Waals surface area contributed by atoms with Crippen molar-refractivity contribution >= 4 is 0 Å². The summed E-state index contributed by atoms with van der Waals surface area (Å²) in [5, 5.41) is 4.02. The molecule has 3 aliphatic rings. The number of hydrogen-bond donors (Lipinski definition) is 1. The third kappa shape index (κ3) is 1.40. The SMILES string of the molecule is CCC1CC1NC1C2(C)CCC(C2)C1(C)C. The first-order chi connectivity index (χ1) is 7.47. The van der Waals surface area contributed by atoms with Crippen LogP contribution in [0, 0.1) is 22.7 Å². The first-order valence-electron chi connectivity index (χ1n) is 7.23. The summed E-state index contributed by atoms with van der Waals surface area (Å²) in [5.41, 5.74) is 1.14. The van der Waals surface area contributed by atoms with E-state index < -0.39 is 0 Å². The largest absolute Gasteiger partial charge is 0.310 e. The standard InChI is InChI=1S/C15H27N/c1-5-10-8-12(10)16-13-14(2,3)11-6-7-15(13,4)9-11/h10-13,16H,5-9H2,1-4H3. The molecule has 5 unspecified atom stereocenters. The summed E-state index contributed by atoms with van der Waals surface area (Å²) in [6.07, 6.45) is 7.21. The molecule has 3 rings (SSSR count). The number of hydrogen-bond acceptors (Lipinski definition) is 1. The van der Waals surface area contributed by atoms with E-state index in [9.17, 15) is 0 Å². The van der Waals surface area contributed by atoms with E-state index in [1.54, 1.807) is 0 Å². The highest BCUT2D eigenvalue weighted by atomic mass is 15.1. The molecule has 16 heavy (non-hydrogen) atoms. The molecule has 92 valence electrons. The highest BCUT2D eigenvalue weighted by Crippen LogP contribution is 2.62. The molecule has 0 aromatic carbocycles. The normalized spacial score (nSPS) is 53.2. The van der Waals surface area contributed by atoms with Crippen LogP contribution >= 0.6 is 0 Å². The van der Waals surface area contributed by atoms with Crippen molar-refractivity contribution in [3.8, 4) is 0 Å². The monoisotopic (exact) mass is 221 g/mol. The molecular weight excluding hydrogens is 194 g/mol. The van der Waals surface area contributed by atoms with E-state index in [0.29, 0.717) is 10.8 Å². The van der Waals surface area contributed by atoms with Gasteiger partial charge in [0.15, 0.2) is 0 Å². The molecule has 3 aliphatic carbocycles. The molecule has 0 amide bonds. The quantitative estimate of drug-likeness (QED) is 0.768. The van der Waals surface area contributed by atoms with Gasteiger partial charge in [0.1, 0.15) is 0 Å². The molecule has 0 aromatic heterocycles. The van der Waals surface area contributed by atoms with Crippen LogP contribution in [0.4, 0.5) is 0 Å². The fourth-order valence-electron chi connectivity index (χ4n) is 4.83. The molecule has 0 heterocycles. The van der Waals surface area contributed by atoms with Crippen LogP contribution in [0.5, 0.6) is 0 Å². The molecule has 5 atom stereocenters. The minimum absolute atomic E-state index is 0.536. The zero-order valence-corrected chi connectivity index (χ0v) is 11.3. The molecule has 1 N–H and O–H groups in total. The summed E-state index contributed by atoms with van der Waals surface area (Å²) in [7, 11) is 0. The Hall–Kier alpha value is -0.0400. The zero-order chi connectivity index (χ0) is 11.6. The van der Waals surface area contributed by atoms with E-state index in [0.717, 1.165) is 23.9 Å². The van der Waals surface area contributed by atoms with E-state index in [1.165, 1.54) is 32.1 Å². The molecule has 0 saturated heterocycles. The number of rotatable bonds is 3. The summed E-state index contributed by atoms with van der Waals surface area (Å²) in [6, 6.07) is 1.63. The Bertz CT molecular complexity index is 291. The summed E-state index contributed by atoms with van der Waals surface area (Å²) in [6.45, 7) is 9.87. The fourth-order valence-corrected chi connectivity index (χ4v) is 4.83. The van der Waals surface area contributed by atoms with Crippen molar-refractivity contribution in [2.45, 2.75) is 71.9 Å². The van der Waals surface area contributed by atoms with Crippen molar-refractivity contribution in [1.82, 2.24) is 5.32 Å². The lowest BCUT2D eigenvalue weighted by atomic mass is 9.68. The van der Waals surface area contributed by atoms with Crippen molar-refractivity contribution in [1.29, 1.82) is 0 Å². The van der Waals surface area contributed by atoms with Crippen LogP contribution in [0.15, 0.2) is 0 Å². The second-order valence-corrected chi connectivity index (χ2v) is 7.53. The van der Waals surface area contributed by atoms with Gasteiger partial charge in [0.2, 0.25) is 0 Å². The summed E-state index contributed by atoms with van der Waals surface area (Å²) >= 11 is 0. The maximum absolute atomic E-state index is 4.02. The fraction of sp³-hybridized carbons (Fsp3) is 1.00. The smallest absolute Gasteiger partial charge is 0.0177 e. The van der Waals surface area contributed by atoms with Crippen molar-refractivity contribution in [3.05, 3.63) is 0 Å². The predicted molar refractivity (Wildman–Crippen MR) is 68.3 cm³/mol. The molecular formula is C15H27N. The maximum atomic E-state index is 4.02. The van der Waals surface area contributed by atoms with E-state index in [4.69, 9.17) is 0 Å². The lowest BCUT2D eigenvalue weighted by molar-refractivity contribution is 0.106. The third-order valence-corrected chi connectivity index (χ3v) is 6.10. The van der Waals surface area contributed by atoms with Gasteiger partial charge in [-0.25, -0.2) is 0 Å². The Morgan fingerprint density at radius 1 is 1.25 bits per heavy atom. The molecule has 2 bridgehead atoms. The first-order valence-corrected chi connectivity index (χ1v) is 7.23. The number of nitrogens with one attached hydrogen (secondary N) is 1. The minimum Gasteiger partial charge on any atom is -0.310 e. The van der Waals surface area contributed by atoms with Gasteiger partial charge in [-0.1, -0.05) is 34.1 Å².